The van der Waals surface area contributed by atoms with Crippen LogP contribution < -0.4 is 5.32 Å². The summed E-state index contributed by atoms with van der Waals surface area (Å²) in [7, 11) is 0. The van der Waals surface area contributed by atoms with Gasteiger partial charge in [-0.05, 0) is 20.8 Å². The number of carbonyl (C=O) groups is 2. The van der Waals surface area contributed by atoms with Crippen molar-refractivity contribution < 1.29 is 24.2 Å². The Morgan fingerprint density at radius 1 is 1.35 bits per heavy atom. The fourth-order valence-corrected chi connectivity index (χ4v) is 2.14. The summed E-state index contributed by atoms with van der Waals surface area (Å²) in [6, 6.07) is 0. The van der Waals surface area contributed by atoms with Crippen LogP contribution in [0, 0.1) is 0 Å². The number of carboxylic acids is 1. The summed E-state index contributed by atoms with van der Waals surface area (Å²) < 4.78 is 10.3. The zero-order chi connectivity index (χ0) is 12.8. The quantitative estimate of drug-likeness (QED) is 0.703. The highest BCUT2D eigenvalue weighted by Gasteiger charge is 2.60. The molecular formula is C11H17NO5. The third-order valence-electron chi connectivity index (χ3n) is 2.94. The molecule has 17 heavy (non-hydrogen) atoms. The second-order valence-corrected chi connectivity index (χ2v) is 5.64. The molecule has 0 aromatic heterocycles. The summed E-state index contributed by atoms with van der Waals surface area (Å²) in [4.78, 5) is 22.9. The first-order chi connectivity index (χ1) is 7.72. The van der Waals surface area contributed by atoms with Crippen molar-refractivity contribution in [3.05, 3.63) is 0 Å². The Kier molecular flexibility index (Phi) is 2.57. The predicted octanol–water partition coefficient (Wildman–Crippen LogP) is 0.896. The average molecular weight is 243 g/mol. The minimum absolute atomic E-state index is 0.0268. The topological polar surface area (TPSA) is 88.2 Å². The van der Waals surface area contributed by atoms with Gasteiger partial charge in [0.25, 0.3) is 0 Å². The van der Waals surface area contributed by atoms with Crippen LogP contribution in [0.15, 0.2) is 0 Å². The van der Waals surface area contributed by atoms with Crippen LogP contribution >= 0.6 is 0 Å². The number of carbonyl (C=O) groups excluding carboxylic acids is 1. The summed E-state index contributed by atoms with van der Waals surface area (Å²) in [5.74, 6) is -1.03. The van der Waals surface area contributed by atoms with Gasteiger partial charge in [-0.1, -0.05) is 0 Å². The molecule has 2 atom stereocenters. The maximum Gasteiger partial charge on any atom is 0.408 e. The van der Waals surface area contributed by atoms with Gasteiger partial charge in [0.05, 0.1) is 12.2 Å². The fourth-order valence-electron chi connectivity index (χ4n) is 2.14. The summed E-state index contributed by atoms with van der Waals surface area (Å²) in [5, 5.41) is 11.7. The Hall–Kier alpha value is -1.30. The van der Waals surface area contributed by atoms with Crippen LogP contribution in [0.25, 0.3) is 0 Å². The minimum Gasteiger partial charge on any atom is -0.479 e. The van der Waals surface area contributed by atoms with Crippen molar-refractivity contribution in [3.63, 3.8) is 0 Å². The van der Waals surface area contributed by atoms with E-state index in [1.54, 1.807) is 20.8 Å². The number of amides is 1. The van der Waals surface area contributed by atoms with Crippen molar-refractivity contribution in [2.75, 3.05) is 0 Å². The smallest absolute Gasteiger partial charge is 0.408 e. The lowest BCUT2D eigenvalue weighted by atomic mass is 9.97. The molecule has 0 aromatic rings. The Balaban J connectivity index is 1.99. The van der Waals surface area contributed by atoms with Crippen LogP contribution in [0.1, 0.15) is 33.6 Å². The normalized spacial score (nSPS) is 29.4. The van der Waals surface area contributed by atoms with Gasteiger partial charge in [0.15, 0.2) is 0 Å². The molecule has 0 spiro atoms. The van der Waals surface area contributed by atoms with E-state index < -0.39 is 23.2 Å². The second kappa shape index (κ2) is 3.60. The number of hydrogen-bond donors (Lipinski definition) is 2. The maximum atomic E-state index is 11.6. The largest absolute Gasteiger partial charge is 0.479 e. The van der Waals surface area contributed by atoms with E-state index in [1.807, 2.05) is 0 Å². The van der Waals surface area contributed by atoms with E-state index in [-0.39, 0.29) is 12.2 Å². The molecule has 0 bridgehead atoms. The van der Waals surface area contributed by atoms with Crippen LogP contribution in [-0.2, 0) is 14.3 Å². The Labute approximate surface area is 99.3 Å². The maximum absolute atomic E-state index is 11.6. The Morgan fingerprint density at radius 3 is 2.29 bits per heavy atom. The first-order valence-corrected chi connectivity index (χ1v) is 5.62. The molecule has 6 heteroatoms. The van der Waals surface area contributed by atoms with Crippen molar-refractivity contribution in [3.8, 4) is 0 Å². The van der Waals surface area contributed by atoms with Crippen LogP contribution in [0.4, 0.5) is 4.79 Å². The van der Waals surface area contributed by atoms with Crippen LogP contribution in [0.5, 0.6) is 0 Å². The average Bonchev–Trinajstić information content (AvgIpc) is 2.70. The lowest BCUT2D eigenvalue weighted by Crippen LogP contribution is -2.55. The molecule has 2 fully saturated rings. The van der Waals surface area contributed by atoms with Gasteiger partial charge in [0, 0.05) is 12.8 Å². The van der Waals surface area contributed by atoms with Gasteiger partial charge in [0.2, 0.25) is 0 Å². The van der Waals surface area contributed by atoms with Crippen LogP contribution in [0.2, 0.25) is 0 Å². The molecule has 1 saturated heterocycles. The van der Waals surface area contributed by atoms with E-state index >= 15 is 0 Å². The van der Waals surface area contributed by atoms with Gasteiger partial charge < -0.3 is 19.9 Å². The van der Waals surface area contributed by atoms with E-state index in [9.17, 15) is 14.7 Å². The molecule has 1 aliphatic heterocycles. The second-order valence-electron chi connectivity index (χ2n) is 5.64. The van der Waals surface area contributed by atoms with Crippen molar-refractivity contribution in [1.82, 2.24) is 5.32 Å². The minimum atomic E-state index is -1.23. The van der Waals surface area contributed by atoms with Gasteiger partial charge in [-0.2, -0.15) is 0 Å². The number of rotatable bonds is 2. The van der Waals surface area contributed by atoms with E-state index in [4.69, 9.17) is 9.47 Å². The standard InChI is InChI=1S/C11H17NO5/c1-10(2,3)17-9(15)12-11(8(13)14)4-6-7(5-11)16-6/h6-7H,4-5H2,1-3H3,(H,12,15)(H,13,14)/t6-,7-/m0/s1. The lowest BCUT2D eigenvalue weighted by molar-refractivity contribution is -0.145. The van der Waals surface area contributed by atoms with E-state index in [0.717, 1.165) is 0 Å². The van der Waals surface area contributed by atoms with Crippen molar-refractivity contribution >= 4 is 12.1 Å². The predicted molar refractivity (Wildman–Crippen MR) is 57.6 cm³/mol. The highest BCUT2D eigenvalue weighted by atomic mass is 16.6. The molecule has 2 rings (SSSR count). The first-order valence-electron chi connectivity index (χ1n) is 5.62. The molecule has 1 heterocycles. The highest BCUT2D eigenvalue weighted by Crippen LogP contribution is 2.44. The van der Waals surface area contributed by atoms with E-state index in [0.29, 0.717) is 12.8 Å². The molecule has 0 aromatic carbocycles. The summed E-state index contributed by atoms with van der Waals surface area (Å²) in [5.41, 5.74) is -1.86. The zero-order valence-corrected chi connectivity index (χ0v) is 10.1. The Bertz CT molecular complexity index is 349. The van der Waals surface area contributed by atoms with Gasteiger partial charge in [-0.25, -0.2) is 9.59 Å². The number of alkyl carbamates (subject to hydrolysis) is 1. The number of epoxide rings is 1. The molecule has 1 aliphatic carbocycles. The SMILES string of the molecule is CC(C)(C)OC(=O)NC1(C(=O)O)C[C@@H]2O[C@H]2C1. The molecule has 1 amide bonds. The monoisotopic (exact) mass is 243 g/mol. The number of fused-ring (bicyclic) bond motifs is 1. The highest BCUT2D eigenvalue weighted by molar-refractivity contribution is 5.85. The van der Waals surface area contributed by atoms with E-state index in [1.165, 1.54) is 0 Å². The molecule has 0 unspecified atom stereocenters. The fraction of sp³-hybridized carbons (Fsp3) is 0.818. The number of aliphatic carboxylic acids is 1. The van der Waals surface area contributed by atoms with Gasteiger partial charge in [-0.15, -0.1) is 0 Å². The molecular weight excluding hydrogens is 226 g/mol. The third-order valence-corrected chi connectivity index (χ3v) is 2.94. The van der Waals surface area contributed by atoms with E-state index in [2.05, 4.69) is 5.32 Å². The molecule has 2 aliphatic rings. The lowest BCUT2D eigenvalue weighted by Gasteiger charge is -2.28. The van der Waals surface area contributed by atoms with Crippen LogP contribution in [-0.4, -0.2) is 40.5 Å². The van der Waals surface area contributed by atoms with Gasteiger partial charge >= 0.3 is 12.1 Å². The molecule has 1 saturated carbocycles. The number of carboxylic acid groups (broad SMARTS) is 1. The molecule has 2 N–H and O–H groups in total. The molecule has 0 radical (unpaired) electrons. The summed E-state index contributed by atoms with van der Waals surface area (Å²) in [6.45, 7) is 5.19. The van der Waals surface area contributed by atoms with Crippen molar-refractivity contribution in [2.24, 2.45) is 0 Å². The Morgan fingerprint density at radius 2 is 1.88 bits per heavy atom. The molecule has 6 nitrogen and oxygen atoms in total. The van der Waals surface area contributed by atoms with Gasteiger partial charge in [-0.3, -0.25) is 0 Å². The third kappa shape index (κ3) is 2.52. The number of ether oxygens (including phenoxy) is 2. The first kappa shape index (κ1) is 12.2. The summed E-state index contributed by atoms with van der Waals surface area (Å²) >= 11 is 0. The van der Waals surface area contributed by atoms with Crippen molar-refractivity contribution in [2.45, 2.75) is 57.0 Å². The zero-order valence-electron chi connectivity index (χ0n) is 10.1. The van der Waals surface area contributed by atoms with Gasteiger partial charge in [0.1, 0.15) is 11.1 Å². The summed E-state index contributed by atoms with van der Waals surface area (Å²) in [6.07, 6.45) is -0.123. The van der Waals surface area contributed by atoms with Crippen molar-refractivity contribution in [1.29, 1.82) is 0 Å². The number of nitrogens with one attached hydrogen (secondary N) is 1. The number of hydrogen-bond acceptors (Lipinski definition) is 4. The molecule has 96 valence electrons. The van der Waals surface area contributed by atoms with Crippen LogP contribution in [0.3, 0.4) is 0 Å².